The van der Waals surface area contributed by atoms with E-state index in [-0.39, 0.29) is 70.1 Å². The summed E-state index contributed by atoms with van der Waals surface area (Å²) in [5, 5.41) is 2.93. The van der Waals surface area contributed by atoms with Gasteiger partial charge in [-0.25, -0.2) is 0 Å². The molecule has 1 rings (SSSR count). The van der Waals surface area contributed by atoms with Gasteiger partial charge in [-0.05, 0) is 0 Å². The Balaban J connectivity index is -0.0000000312. The zero-order valence-electron chi connectivity index (χ0n) is 5.83. The van der Waals surface area contributed by atoms with Crippen LogP contribution in [0.5, 0.6) is 0 Å². The van der Waals surface area contributed by atoms with E-state index >= 15 is 0 Å². The maximum atomic E-state index is 3.85. The van der Waals surface area contributed by atoms with Crippen LogP contribution in [0.1, 0.15) is 0 Å². The molecule has 0 atom stereocenters. The Morgan fingerprint density at radius 2 is 1.78 bits per heavy atom. The van der Waals surface area contributed by atoms with Gasteiger partial charge in [0, 0.05) is 6.54 Å². The van der Waals surface area contributed by atoms with E-state index < -0.39 is 0 Å². The molecule has 0 aromatic carbocycles. The van der Waals surface area contributed by atoms with Crippen molar-refractivity contribution in [2.75, 3.05) is 13.1 Å². The van der Waals surface area contributed by atoms with Gasteiger partial charge >= 0.3 is 59.1 Å². The van der Waals surface area contributed by atoms with Crippen molar-refractivity contribution in [1.82, 2.24) is 5.32 Å². The van der Waals surface area contributed by atoms with Crippen LogP contribution in [-0.2, 0) is 0 Å². The average Bonchev–Trinajstić information content (AvgIpc) is 1.76. The van der Waals surface area contributed by atoms with Gasteiger partial charge < -0.3 is 16.3 Å². The maximum Gasteiger partial charge on any atom is 1.00 e. The van der Waals surface area contributed by atoms with Gasteiger partial charge in [-0.1, -0.05) is 0 Å². The van der Waals surface area contributed by atoms with Gasteiger partial charge in [-0.15, -0.1) is 0 Å². The minimum absolute atomic E-state index is 0. The molecule has 1 aliphatic rings. The minimum Gasteiger partial charge on any atom is -0.870 e. The monoisotopic (exact) mass is 150 g/mol. The molecule has 44 valence electrons. The van der Waals surface area contributed by atoms with Crippen LogP contribution >= 0.6 is 0 Å². The van der Waals surface area contributed by atoms with Crippen LogP contribution < -0.4 is 64.4 Å². The molecule has 0 fully saturated rings. The first-order chi connectivity index (χ1) is 2.50. The predicted molar refractivity (Wildman–Crippen MR) is 25.2 cm³/mol. The average molecular weight is 150 g/mol. The first-order valence-corrected chi connectivity index (χ1v) is 1.72. The smallest absolute Gasteiger partial charge is 0.870 e. The summed E-state index contributed by atoms with van der Waals surface area (Å²) in [5.41, 5.74) is 0. The fraction of sp³-hybridized carbons (Fsp3) is 0.667. The molecule has 0 aliphatic carbocycles. The van der Waals surface area contributed by atoms with Crippen LogP contribution in [0.2, 0.25) is 0 Å². The van der Waals surface area contributed by atoms with Crippen LogP contribution in [0.15, 0.2) is 4.99 Å². The number of nitrogens with one attached hydrogen (secondary N) is 1. The molecule has 3 N–H and O–H groups in total. The molecule has 9 heavy (non-hydrogen) atoms. The van der Waals surface area contributed by atoms with E-state index in [2.05, 4.69) is 10.3 Å². The van der Waals surface area contributed by atoms with E-state index in [1.807, 2.05) is 0 Å². The summed E-state index contributed by atoms with van der Waals surface area (Å²) >= 11 is 0. The van der Waals surface area contributed by atoms with Gasteiger partial charge in [-0.2, -0.15) is 0 Å². The fourth-order valence-electron chi connectivity index (χ4n) is 0.323. The summed E-state index contributed by atoms with van der Waals surface area (Å²) in [6.07, 6.45) is 1.74. The molecule has 0 aromatic heterocycles. The molecule has 0 radical (unpaired) electrons. The topological polar surface area (TPSA) is 84.4 Å². The third-order valence-electron chi connectivity index (χ3n) is 0.568. The molecule has 0 unspecified atom stereocenters. The quantitative estimate of drug-likeness (QED) is 0.348. The molecule has 1 heterocycles. The third-order valence-corrected chi connectivity index (χ3v) is 0.568. The van der Waals surface area contributed by atoms with Crippen molar-refractivity contribution in [2.24, 2.45) is 4.99 Å². The molecule has 4 nitrogen and oxygen atoms in total. The summed E-state index contributed by atoms with van der Waals surface area (Å²) in [5.74, 6) is 0. The summed E-state index contributed by atoms with van der Waals surface area (Å²) < 4.78 is 0. The Morgan fingerprint density at radius 1 is 1.22 bits per heavy atom. The van der Waals surface area contributed by atoms with E-state index in [1.165, 1.54) is 0 Å². The second-order valence-electron chi connectivity index (χ2n) is 0.989. The Bertz CT molecular complexity index is 55.8. The number of hydrogen-bond acceptors (Lipinski definition) is 4. The van der Waals surface area contributed by atoms with Gasteiger partial charge in [0.2, 0.25) is 0 Å². The predicted octanol–water partition coefficient (Wildman–Crippen LogP) is -6.73. The Hall–Kier alpha value is 1.39. The van der Waals surface area contributed by atoms with Crippen LogP contribution in [0.3, 0.4) is 0 Å². The minimum atomic E-state index is 0. The van der Waals surface area contributed by atoms with Crippen molar-refractivity contribution >= 4 is 6.34 Å². The number of rotatable bonds is 0. The van der Waals surface area contributed by atoms with Crippen molar-refractivity contribution in [3.8, 4) is 0 Å². The van der Waals surface area contributed by atoms with Crippen molar-refractivity contribution in [3.63, 3.8) is 0 Å². The zero-order chi connectivity index (χ0) is 3.54. The van der Waals surface area contributed by atoms with Crippen LogP contribution in [0.4, 0.5) is 0 Å². The van der Waals surface area contributed by atoms with Crippen molar-refractivity contribution < 1.29 is 70.1 Å². The molecule has 0 spiro atoms. The Kier molecular flexibility index (Phi) is 40.4. The normalized spacial score (nSPS) is 10.7. The third kappa shape index (κ3) is 12.6. The first kappa shape index (κ1) is 22.4. The van der Waals surface area contributed by atoms with Crippen molar-refractivity contribution in [3.05, 3.63) is 0 Å². The van der Waals surface area contributed by atoms with Gasteiger partial charge in [0.1, 0.15) is 0 Å². The molecule has 0 saturated heterocycles. The summed E-state index contributed by atoms with van der Waals surface area (Å²) in [4.78, 5) is 3.85. The van der Waals surface area contributed by atoms with Crippen molar-refractivity contribution in [2.45, 2.75) is 0 Å². The van der Waals surface area contributed by atoms with Gasteiger partial charge in [-0.3, -0.25) is 4.99 Å². The molecule has 0 aromatic rings. The first-order valence-electron chi connectivity index (χ1n) is 1.72. The summed E-state index contributed by atoms with van der Waals surface area (Å²) in [6, 6.07) is 0. The summed E-state index contributed by atoms with van der Waals surface area (Å²) in [6.45, 7) is 1.99. The van der Waals surface area contributed by atoms with Gasteiger partial charge in [0.05, 0.1) is 12.9 Å². The van der Waals surface area contributed by atoms with E-state index in [9.17, 15) is 0 Å². The van der Waals surface area contributed by atoms with Crippen molar-refractivity contribution in [1.29, 1.82) is 0 Å². The Labute approximate surface area is 98.7 Å². The summed E-state index contributed by atoms with van der Waals surface area (Å²) in [7, 11) is 0. The van der Waals surface area contributed by atoms with Crippen LogP contribution in [-0.4, -0.2) is 30.4 Å². The van der Waals surface area contributed by atoms with Crippen LogP contribution in [0, 0.1) is 0 Å². The standard InChI is InChI=1S/C3H6N2.2Na.2H2O/c1-2-5-3-4-1;;;;/h3H,1-2H2,(H,4,5);;;2*1H2/q;2*+1;;/p-2. The molecular weight excluding hydrogens is 142 g/mol. The van der Waals surface area contributed by atoms with E-state index in [1.54, 1.807) is 6.34 Å². The van der Waals surface area contributed by atoms with Gasteiger partial charge in [0.25, 0.3) is 0 Å². The molecule has 0 bridgehead atoms. The molecular formula is C3H8N2Na2O2. The molecule has 0 amide bonds. The maximum absolute atomic E-state index is 3.85. The van der Waals surface area contributed by atoms with Crippen LogP contribution in [0.25, 0.3) is 0 Å². The Morgan fingerprint density at radius 3 is 1.89 bits per heavy atom. The largest absolute Gasteiger partial charge is 1.00 e. The zero-order valence-corrected chi connectivity index (χ0v) is 9.83. The number of aliphatic imine (C=N–C) groups is 1. The second-order valence-corrected chi connectivity index (χ2v) is 0.989. The fourth-order valence-corrected chi connectivity index (χ4v) is 0.323. The molecule has 1 aliphatic heterocycles. The molecule has 6 heteroatoms. The van der Waals surface area contributed by atoms with E-state index in [0.29, 0.717) is 0 Å². The second kappa shape index (κ2) is 16.2. The number of hydrogen-bond donors (Lipinski definition) is 1. The number of nitrogens with zero attached hydrogens (tertiary/aromatic N) is 1. The molecule has 0 saturated carbocycles. The SMILES string of the molecule is C1=NCCN1.[Na+].[Na+].[OH-].[OH-]. The van der Waals surface area contributed by atoms with E-state index in [4.69, 9.17) is 0 Å². The van der Waals surface area contributed by atoms with Gasteiger partial charge in [0.15, 0.2) is 0 Å². The van der Waals surface area contributed by atoms with E-state index in [0.717, 1.165) is 13.1 Å².